The van der Waals surface area contributed by atoms with Crippen LogP contribution in [0.1, 0.15) is 0 Å². The van der Waals surface area contributed by atoms with Gasteiger partial charge in [-0.2, -0.15) is 0 Å². The summed E-state index contributed by atoms with van der Waals surface area (Å²) < 4.78 is 0. The number of pyridine rings is 1. The SMILES string of the molecule is NOCCSc1ccccn1. The van der Waals surface area contributed by atoms with Crippen LogP contribution in [0.3, 0.4) is 0 Å². The first-order valence-electron chi connectivity index (χ1n) is 3.29. The Labute approximate surface area is 69.9 Å². The molecule has 0 fully saturated rings. The van der Waals surface area contributed by atoms with Crippen molar-refractivity contribution < 1.29 is 4.84 Å². The third-order valence-electron chi connectivity index (χ3n) is 1.09. The van der Waals surface area contributed by atoms with Gasteiger partial charge in [0.2, 0.25) is 0 Å². The van der Waals surface area contributed by atoms with Crippen molar-refractivity contribution in [1.82, 2.24) is 4.98 Å². The molecule has 3 nitrogen and oxygen atoms in total. The Morgan fingerprint density at radius 3 is 3.09 bits per heavy atom. The van der Waals surface area contributed by atoms with Gasteiger partial charge in [-0.15, -0.1) is 11.8 Å². The lowest BCUT2D eigenvalue weighted by Crippen LogP contribution is -2.02. The van der Waals surface area contributed by atoms with Crippen LogP contribution in [0.4, 0.5) is 0 Å². The summed E-state index contributed by atoms with van der Waals surface area (Å²) in [6, 6.07) is 5.81. The fraction of sp³-hybridized carbons (Fsp3) is 0.286. The lowest BCUT2D eigenvalue weighted by atomic mass is 10.5. The van der Waals surface area contributed by atoms with E-state index in [1.807, 2.05) is 18.2 Å². The topological polar surface area (TPSA) is 48.1 Å². The number of nitrogens with two attached hydrogens (primary N) is 1. The van der Waals surface area contributed by atoms with Gasteiger partial charge < -0.3 is 4.84 Å². The molecule has 0 saturated carbocycles. The van der Waals surface area contributed by atoms with E-state index < -0.39 is 0 Å². The second-order valence-electron chi connectivity index (χ2n) is 1.89. The molecule has 1 aromatic heterocycles. The van der Waals surface area contributed by atoms with Gasteiger partial charge in [0.05, 0.1) is 11.6 Å². The molecule has 0 saturated heterocycles. The van der Waals surface area contributed by atoms with Crippen LogP contribution in [-0.2, 0) is 4.84 Å². The molecule has 0 aliphatic carbocycles. The molecule has 0 atom stereocenters. The van der Waals surface area contributed by atoms with Crippen LogP contribution in [-0.4, -0.2) is 17.3 Å². The summed E-state index contributed by atoms with van der Waals surface area (Å²) in [4.78, 5) is 8.53. The first kappa shape index (κ1) is 8.52. The van der Waals surface area contributed by atoms with Crippen molar-refractivity contribution in [1.29, 1.82) is 0 Å². The van der Waals surface area contributed by atoms with Crippen LogP contribution in [0.5, 0.6) is 0 Å². The molecule has 0 spiro atoms. The van der Waals surface area contributed by atoms with E-state index in [9.17, 15) is 0 Å². The molecule has 2 N–H and O–H groups in total. The first-order chi connectivity index (χ1) is 5.43. The molecular formula is C7H10N2OS. The molecule has 1 heterocycles. The van der Waals surface area contributed by atoms with Crippen LogP contribution in [0.25, 0.3) is 0 Å². The van der Waals surface area contributed by atoms with E-state index in [2.05, 4.69) is 9.82 Å². The average Bonchev–Trinajstić information content (AvgIpc) is 2.07. The lowest BCUT2D eigenvalue weighted by molar-refractivity contribution is 0.155. The maximum Gasteiger partial charge on any atom is 0.0960 e. The van der Waals surface area contributed by atoms with Crippen molar-refractivity contribution in [2.24, 2.45) is 5.90 Å². The molecule has 0 aliphatic rings. The van der Waals surface area contributed by atoms with Crippen molar-refractivity contribution >= 4 is 11.8 Å². The standard InChI is InChI=1S/C7H10N2OS/c8-10-5-6-11-7-3-1-2-4-9-7/h1-4H,5-6,8H2. The zero-order chi connectivity index (χ0) is 7.94. The van der Waals surface area contributed by atoms with Gasteiger partial charge in [-0.1, -0.05) is 6.07 Å². The van der Waals surface area contributed by atoms with E-state index in [1.165, 1.54) is 0 Å². The molecule has 0 unspecified atom stereocenters. The summed E-state index contributed by atoms with van der Waals surface area (Å²) in [7, 11) is 0. The Kier molecular flexibility index (Phi) is 3.96. The fourth-order valence-electron chi connectivity index (χ4n) is 0.627. The van der Waals surface area contributed by atoms with E-state index in [0.717, 1.165) is 10.8 Å². The lowest BCUT2D eigenvalue weighted by Gasteiger charge is -1.97. The van der Waals surface area contributed by atoms with Crippen LogP contribution in [0.15, 0.2) is 29.4 Å². The molecule has 60 valence electrons. The number of rotatable bonds is 4. The molecule has 0 aromatic carbocycles. The minimum Gasteiger partial charge on any atom is -0.304 e. The van der Waals surface area contributed by atoms with Gasteiger partial charge in [0, 0.05) is 11.9 Å². The number of aromatic nitrogens is 1. The van der Waals surface area contributed by atoms with E-state index in [-0.39, 0.29) is 0 Å². The summed E-state index contributed by atoms with van der Waals surface area (Å²) in [5, 5.41) is 1.00. The molecule has 4 heteroatoms. The predicted molar refractivity (Wildman–Crippen MR) is 45.1 cm³/mol. The Bertz CT molecular complexity index is 193. The highest BCUT2D eigenvalue weighted by molar-refractivity contribution is 7.99. The van der Waals surface area contributed by atoms with E-state index in [1.54, 1.807) is 18.0 Å². The van der Waals surface area contributed by atoms with E-state index in [4.69, 9.17) is 5.90 Å². The van der Waals surface area contributed by atoms with E-state index in [0.29, 0.717) is 6.61 Å². The van der Waals surface area contributed by atoms with Crippen LogP contribution in [0, 0.1) is 0 Å². The molecule has 1 aromatic rings. The van der Waals surface area contributed by atoms with Crippen LogP contribution < -0.4 is 5.90 Å². The zero-order valence-corrected chi connectivity index (χ0v) is 6.88. The fourth-order valence-corrected chi connectivity index (χ4v) is 1.33. The Morgan fingerprint density at radius 1 is 1.55 bits per heavy atom. The van der Waals surface area contributed by atoms with Gasteiger partial charge in [-0.3, -0.25) is 0 Å². The van der Waals surface area contributed by atoms with Gasteiger partial charge in [0.25, 0.3) is 0 Å². The van der Waals surface area contributed by atoms with Crippen molar-refractivity contribution in [2.45, 2.75) is 5.03 Å². The molecule has 0 radical (unpaired) electrons. The van der Waals surface area contributed by atoms with Crippen LogP contribution in [0.2, 0.25) is 0 Å². The third-order valence-corrected chi connectivity index (χ3v) is 2.00. The van der Waals surface area contributed by atoms with Gasteiger partial charge >= 0.3 is 0 Å². The van der Waals surface area contributed by atoms with Gasteiger partial charge in [0.15, 0.2) is 0 Å². The quantitative estimate of drug-likeness (QED) is 0.417. The Hall–Kier alpha value is -0.580. The minimum absolute atomic E-state index is 0.557. The first-order valence-corrected chi connectivity index (χ1v) is 4.27. The summed E-state index contributed by atoms with van der Waals surface area (Å²) in [5.41, 5.74) is 0. The second-order valence-corrected chi connectivity index (χ2v) is 3.00. The van der Waals surface area contributed by atoms with Gasteiger partial charge in [-0.05, 0) is 12.1 Å². The maximum absolute atomic E-state index is 4.86. The molecule has 0 aliphatic heterocycles. The normalized spacial score (nSPS) is 9.91. The van der Waals surface area contributed by atoms with Gasteiger partial charge in [-0.25, -0.2) is 10.9 Å². The predicted octanol–water partition coefficient (Wildman–Crippen LogP) is 1.06. The van der Waals surface area contributed by atoms with E-state index >= 15 is 0 Å². The molecular weight excluding hydrogens is 160 g/mol. The number of nitrogens with zero attached hydrogens (tertiary/aromatic N) is 1. The summed E-state index contributed by atoms with van der Waals surface area (Å²) in [6.07, 6.45) is 1.77. The Morgan fingerprint density at radius 2 is 2.45 bits per heavy atom. The maximum atomic E-state index is 4.86. The number of thioether (sulfide) groups is 1. The van der Waals surface area contributed by atoms with Crippen molar-refractivity contribution in [3.63, 3.8) is 0 Å². The smallest absolute Gasteiger partial charge is 0.0960 e. The average molecular weight is 170 g/mol. The summed E-state index contributed by atoms with van der Waals surface area (Å²) in [5.74, 6) is 5.70. The monoisotopic (exact) mass is 170 g/mol. The summed E-state index contributed by atoms with van der Waals surface area (Å²) in [6.45, 7) is 0.557. The molecule has 11 heavy (non-hydrogen) atoms. The second kappa shape index (κ2) is 5.12. The zero-order valence-electron chi connectivity index (χ0n) is 6.06. The molecule has 1 rings (SSSR count). The molecule has 0 amide bonds. The minimum atomic E-state index is 0.557. The van der Waals surface area contributed by atoms with Gasteiger partial charge in [0.1, 0.15) is 0 Å². The molecule has 0 bridgehead atoms. The van der Waals surface area contributed by atoms with Crippen LogP contribution >= 0.6 is 11.8 Å². The van der Waals surface area contributed by atoms with Crippen molar-refractivity contribution in [2.75, 3.05) is 12.4 Å². The largest absolute Gasteiger partial charge is 0.304 e. The van der Waals surface area contributed by atoms with Crippen molar-refractivity contribution in [3.05, 3.63) is 24.4 Å². The highest BCUT2D eigenvalue weighted by Crippen LogP contribution is 2.12. The van der Waals surface area contributed by atoms with Crippen molar-refractivity contribution in [3.8, 4) is 0 Å². The highest BCUT2D eigenvalue weighted by Gasteiger charge is 1.91. The number of hydrogen-bond donors (Lipinski definition) is 1. The number of hydrogen-bond acceptors (Lipinski definition) is 4. The summed E-state index contributed by atoms with van der Waals surface area (Å²) >= 11 is 1.63. The third kappa shape index (κ3) is 3.36. The highest BCUT2D eigenvalue weighted by atomic mass is 32.2. The Balaban J connectivity index is 2.28.